The molecular formula is C19H24N4O3S. The van der Waals surface area contributed by atoms with Gasteiger partial charge in [-0.2, -0.15) is 10.2 Å². The molecular weight excluding hydrogens is 364 g/mol. The van der Waals surface area contributed by atoms with E-state index >= 15 is 0 Å². The zero-order valence-electron chi connectivity index (χ0n) is 15.8. The highest BCUT2D eigenvalue weighted by Gasteiger charge is 2.32. The van der Waals surface area contributed by atoms with Crippen LogP contribution in [0.1, 0.15) is 34.5 Å². The van der Waals surface area contributed by atoms with E-state index in [9.17, 15) is 13.2 Å². The van der Waals surface area contributed by atoms with Crippen LogP contribution in [0.5, 0.6) is 0 Å². The van der Waals surface area contributed by atoms with Gasteiger partial charge in [0.05, 0.1) is 35.9 Å². The number of amides is 1. The monoisotopic (exact) mass is 388 g/mol. The first-order valence-electron chi connectivity index (χ1n) is 8.88. The molecule has 8 heteroatoms. The van der Waals surface area contributed by atoms with Crippen molar-refractivity contribution in [1.29, 1.82) is 0 Å². The third kappa shape index (κ3) is 4.63. The summed E-state index contributed by atoms with van der Waals surface area (Å²) in [6, 6.07) is 8.30. The Kier molecular flexibility index (Phi) is 5.46. The van der Waals surface area contributed by atoms with Crippen molar-refractivity contribution in [1.82, 2.24) is 15.2 Å². The molecule has 1 amide bonds. The molecule has 144 valence electrons. The van der Waals surface area contributed by atoms with E-state index in [1.807, 2.05) is 18.5 Å². The second-order valence-electron chi connectivity index (χ2n) is 7.06. The number of aryl methyl sites for hydroxylation is 2. The van der Waals surface area contributed by atoms with Gasteiger partial charge in [0.25, 0.3) is 0 Å². The number of nitrogens with one attached hydrogen (secondary N) is 1. The molecule has 0 spiro atoms. The number of hydrazone groups is 1. The minimum Gasteiger partial charge on any atom is -0.273 e. The molecule has 1 fully saturated rings. The smallest absolute Gasteiger partial charge is 0.244 e. The van der Waals surface area contributed by atoms with Crippen molar-refractivity contribution in [2.75, 3.05) is 11.5 Å². The highest BCUT2D eigenvalue weighted by molar-refractivity contribution is 7.91. The van der Waals surface area contributed by atoms with Crippen LogP contribution in [0, 0.1) is 26.7 Å². The zero-order chi connectivity index (χ0) is 19.6. The molecule has 1 saturated heterocycles. The first-order chi connectivity index (χ1) is 12.7. The van der Waals surface area contributed by atoms with Gasteiger partial charge in [-0.25, -0.2) is 13.8 Å². The lowest BCUT2D eigenvalue weighted by molar-refractivity contribution is -0.124. The number of sulfone groups is 1. The van der Waals surface area contributed by atoms with E-state index < -0.39 is 15.8 Å². The van der Waals surface area contributed by atoms with E-state index in [1.165, 1.54) is 5.56 Å². The summed E-state index contributed by atoms with van der Waals surface area (Å²) in [4.78, 5) is 12.1. The van der Waals surface area contributed by atoms with Crippen LogP contribution >= 0.6 is 0 Å². The lowest BCUT2D eigenvalue weighted by Gasteiger charge is -2.06. The van der Waals surface area contributed by atoms with Gasteiger partial charge < -0.3 is 0 Å². The Hall–Kier alpha value is -2.48. The molecule has 1 aliphatic rings. The van der Waals surface area contributed by atoms with Crippen molar-refractivity contribution in [3.05, 3.63) is 52.3 Å². The molecule has 0 aliphatic carbocycles. The first kappa shape index (κ1) is 19.3. The average Bonchev–Trinajstić information content (AvgIpc) is 3.10. The van der Waals surface area contributed by atoms with Crippen LogP contribution < -0.4 is 5.43 Å². The van der Waals surface area contributed by atoms with Crippen LogP contribution in [0.3, 0.4) is 0 Å². The second kappa shape index (κ2) is 7.64. The molecule has 0 radical (unpaired) electrons. The van der Waals surface area contributed by atoms with Crippen molar-refractivity contribution >= 4 is 22.0 Å². The van der Waals surface area contributed by atoms with Crippen molar-refractivity contribution < 1.29 is 13.2 Å². The summed E-state index contributed by atoms with van der Waals surface area (Å²) in [5, 5.41) is 8.57. The Bertz CT molecular complexity index is 975. The first-order valence-corrected chi connectivity index (χ1v) is 10.7. The minimum absolute atomic E-state index is 0.0683. The molecule has 1 aromatic heterocycles. The fourth-order valence-corrected chi connectivity index (χ4v) is 4.91. The lowest BCUT2D eigenvalue weighted by Crippen LogP contribution is -2.27. The molecule has 0 saturated carbocycles. The molecule has 1 atom stereocenters. The number of benzene rings is 1. The van der Waals surface area contributed by atoms with Crippen molar-refractivity contribution in [2.24, 2.45) is 11.0 Å². The number of hydrogen-bond donors (Lipinski definition) is 1. The van der Waals surface area contributed by atoms with Crippen LogP contribution in [-0.4, -0.2) is 41.8 Å². The number of hydrogen-bond acceptors (Lipinski definition) is 5. The molecule has 2 heterocycles. The topological polar surface area (TPSA) is 93.4 Å². The Morgan fingerprint density at radius 3 is 2.63 bits per heavy atom. The maximum absolute atomic E-state index is 12.1. The summed E-state index contributed by atoms with van der Waals surface area (Å²) in [7, 11) is -3.09. The van der Waals surface area contributed by atoms with Gasteiger partial charge in [0.15, 0.2) is 9.84 Å². The molecule has 0 unspecified atom stereocenters. The van der Waals surface area contributed by atoms with Gasteiger partial charge in [-0.3, -0.25) is 9.48 Å². The highest BCUT2D eigenvalue weighted by atomic mass is 32.2. The fourth-order valence-electron chi connectivity index (χ4n) is 3.17. The summed E-state index contributed by atoms with van der Waals surface area (Å²) in [5.74, 6) is -0.895. The summed E-state index contributed by atoms with van der Waals surface area (Å²) in [6.07, 6.45) is 1.93. The molecule has 1 aliphatic heterocycles. The third-order valence-corrected chi connectivity index (χ3v) is 6.63. The van der Waals surface area contributed by atoms with Crippen molar-refractivity contribution in [3.8, 4) is 0 Å². The molecule has 1 N–H and O–H groups in total. The average molecular weight is 388 g/mol. The predicted octanol–water partition coefficient (Wildman–Crippen LogP) is 1.74. The number of rotatable bonds is 5. The number of nitrogens with zero attached hydrogens (tertiary/aromatic N) is 3. The Morgan fingerprint density at radius 2 is 2.00 bits per heavy atom. The van der Waals surface area contributed by atoms with Gasteiger partial charge in [-0.1, -0.05) is 29.8 Å². The molecule has 27 heavy (non-hydrogen) atoms. The van der Waals surface area contributed by atoms with Crippen molar-refractivity contribution in [2.45, 2.75) is 33.7 Å². The molecule has 3 rings (SSSR count). The van der Waals surface area contributed by atoms with E-state index in [-0.39, 0.29) is 17.4 Å². The van der Waals surface area contributed by atoms with Gasteiger partial charge >= 0.3 is 0 Å². The van der Waals surface area contributed by atoms with Gasteiger partial charge in [0.2, 0.25) is 5.91 Å². The van der Waals surface area contributed by atoms with Crippen LogP contribution in [0.2, 0.25) is 0 Å². The SMILES string of the molecule is Cc1ccc(Cn2nc(C)c(/C=N\NC(=O)[C@@H]3CCS(=O)(=O)C3)c2C)cc1. The van der Waals surface area contributed by atoms with E-state index in [1.54, 1.807) is 6.21 Å². The maximum atomic E-state index is 12.1. The highest BCUT2D eigenvalue weighted by Crippen LogP contribution is 2.18. The molecule has 2 aromatic rings. The summed E-state index contributed by atoms with van der Waals surface area (Å²) >= 11 is 0. The molecule has 0 bridgehead atoms. The van der Waals surface area contributed by atoms with Crippen LogP contribution in [0.25, 0.3) is 0 Å². The zero-order valence-corrected chi connectivity index (χ0v) is 16.6. The largest absolute Gasteiger partial charge is 0.273 e. The van der Waals surface area contributed by atoms with Gasteiger partial charge in [0.1, 0.15) is 0 Å². The Labute approximate surface area is 159 Å². The van der Waals surface area contributed by atoms with Gasteiger partial charge in [0, 0.05) is 11.3 Å². The summed E-state index contributed by atoms with van der Waals surface area (Å²) < 4.78 is 24.9. The maximum Gasteiger partial charge on any atom is 0.244 e. The Balaban J connectivity index is 1.66. The van der Waals surface area contributed by atoms with Crippen LogP contribution in [-0.2, 0) is 21.2 Å². The number of aromatic nitrogens is 2. The van der Waals surface area contributed by atoms with Crippen LogP contribution in [0.15, 0.2) is 29.4 Å². The number of carbonyl (C=O) groups is 1. The quantitative estimate of drug-likeness (QED) is 0.624. The van der Waals surface area contributed by atoms with E-state index in [0.717, 1.165) is 22.5 Å². The molecule has 1 aromatic carbocycles. The van der Waals surface area contributed by atoms with Crippen molar-refractivity contribution in [3.63, 3.8) is 0 Å². The normalized spacial score (nSPS) is 18.9. The third-order valence-electron chi connectivity index (χ3n) is 4.86. The standard InChI is InChI=1S/C19H24N4O3S/c1-13-4-6-16(7-5-13)11-23-15(3)18(14(2)22-23)10-20-21-19(24)17-8-9-27(25,26)12-17/h4-7,10,17H,8-9,11-12H2,1-3H3,(H,21,24)/b20-10-/t17-/m1/s1. The van der Waals surface area contributed by atoms with E-state index in [4.69, 9.17) is 0 Å². The van der Waals surface area contributed by atoms with E-state index in [2.05, 4.69) is 46.8 Å². The predicted molar refractivity (Wildman–Crippen MR) is 104 cm³/mol. The van der Waals surface area contributed by atoms with Gasteiger partial charge in [-0.05, 0) is 32.8 Å². The second-order valence-corrected chi connectivity index (χ2v) is 9.29. The van der Waals surface area contributed by atoms with Gasteiger partial charge in [-0.15, -0.1) is 0 Å². The molecule has 7 nitrogen and oxygen atoms in total. The summed E-state index contributed by atoms with van der Waals surface area (Å²) in [5.41, 5.74) is 7.45. The van der Waals surface area contributed by atoms with Crippen LogP contribution in [0.4, 0.5) is 0 Å². The summed E-state index contributed by atoms with van der Waals surface area (Å²) in [6.45, 7) is 6.57. The Morgan fingerprint density at radius 1 is 1.30 bits per heavy atom. The lowest BCUT2D eigenvalue weighted by atomic mass is 10.1. The number of carbonyl (C=O) groups excluding carboxylic acids is 1. The minimum atomic E-state index is -3.09. The van der Waals surface area contributed by atoms with E-state index in [0.29, 0.717) is 13.0 Å². The fraction of sp³-hybridized carbons (Fsp3) is 0.421.